The van der Waals surface area contributed by atoms with Crippen LogP contribution in [0.3, 0.4) is 0 Å². The predicted molar refractivity (Wildman–Crippen MR) is 87.3 cm³/mol. The molecule has 1 aromatic carbocycles. The highest BCUT2D eigenvalue weighted by atomic mass is 16.5. The molecule has 1 heterocycles. The standard InChI is InChI=1S/C18H26N2O/c1-16-5-4-11-20(12-9-16)13-14-21-18-8-2-6-17(15-18)7-3-10-19/h2,6,8,15-16H,4-5,9-14,19H2,1H3. The molecule has 114 valence electrons. The van der Waals surface area contributed by atoms with Crippen LogP contribution in [-0.4, -0.2) is 37.7 Å². The van der Waals surface area contributed by atoms with Crippen molar-refractivity contribution >= 4 is 0 Å². The van der Waals surface area contributed by atoms with E-state index in [2.05, 4.69) is 23.7 Å². The SMILES string of the molecule is CC1CCCN(CCOc2cccc(C#CCN)c2)CC1. The van der Waals surface area contributed by atoms with Crippen LogP contribution in [0.1, 0.15) is 31.7 Å². The van der Waals surface area contributed by atoms with Crippen molar-refractivity contribution in [2.45, 2.75) is 26.2 Å². The van der Waals surface area contributed by atoms with Gasteiger partial charge in [-0.15, -0.1) is 0 Å². The lowest BCUT2D eigenvalue weighted by Crippen LogP contribution is -2.29. The molecule has 0 bridgehead atoms. The van der Waals surface area contributed by atoms with Gasteiger partial charge in [-0.05, 0) is 56.5 Å². The van der Waals surface area contributed by atoms with Crippen molar-refractivity contribution in [1.29, 1.82) is 0 Å². The van der Waals surface area contributed by atoms with Gasteiger partial charge in [0, 0.05) is 12.1 Å². The molecule has 0 spiro atoms. The van der Waals surface area contributed by atoms with Gasteiger partial charge in [0.1, 0.15) is 12.4 Å². The first-order valence-corrected chi connectivity index (χ1v) is 7.92. The Morgan fingerprint density at radius 3 is 3.10 bits per heavy atom. The maximum Gasteiger partial charge on any atom is 0.120 e. The van der Waals surface area contributed by atoms with Crippen molar-refractivity contribution in [3.8, 4) is 17.6 Å². The molecule has 1 aliphatic heterocycles. The Hall–Kier alpha value is -1.50. The van der Waals surface area contributed by atoms with Gasteiger partial charge in [-0.25, -0.2) is 0 Å². The van der Waals surface area contributed by atoms with Crippen LogP contribution in [-0.2, 0) is 0 Å². The summed E-state index contributed by atoms with van der Waals surface area (Å²) in [6.45, 7) is 6.89. The van der Waals surface area contributed by atoms with Crippen molar-refractivity contribution in [2.24, 2.45) is 11.7 Å². The Balaban J connectivity index is 1.77. The second kappa shape index (κ2) is 8.71. The summed E-state index contributed by atoms with van der Waals surface area (Å²) in [6.07, 6.45) is 3.98. The summed E-state index contributed by atoms with van der Waals surface area (Å²) in [5.74, 6) is 7.66. The van der Waals surface area contributed by atoms with Gasteiger partial charge in [0.15, 0.2) is 0 Å². The van der Waals surface area contributed by atoms with Crippen LogP contribution in [0.15, 0.2) is 24.3 Å². The van der Waals surface area contributed by atoms with Crippen molar-refractivity contribution < 1.29 is 4.74 Å². The second-order valence-corrected chi connectivity index (χ2v) is 5.76. The molecular formula is C18H26N2O. The molecule has 1 aromatic rings. The fourth-order valence-corrected chi connectivity index (χ4v) is 2.66. The van der Waals surface area contributed by atoms with Crippen LogP contribution >= 0.6 is 0 Å². The topological polar surface area (TPSA) is 38.5 Å². The largest absolute Gasteiger partial charge is 0.492 e. The normalized spacial score (nSPS) is 19.4. The number of nitrogens with two attached hydrogens (primary N) is 1. The molecule has 0 aliphatic carbocycles. The summed E-state index contributed by atoms with van der Waals surface area (Å²) < 4.78 is 5.86. The Morgan fingerprint density at radius 1 is 1.33 bits per heavy atom. The molecular weight excluding hydrogens is 260 g/mol. The molecule has 2 rings (SSSR count). The predicted octanol–water partition coefficient (Wildman–Crippen LogP) is 2.50. The molecule has 0 saturated carbocycles. The Bertz CT molecular complexity index is 489. The van der Waals surface area contributed by atoms with E-state index in [1.165, 1.54) is 32.4 Å². The first kappa shape index (κ1) is 15.9. The van der Waals surface area contributed by atoms with Crippen LogP contribution < -0.4 is 10.5 Å². The number of rotatable bonds is 4. The molecule has 21 heavy (non-hydrogen) atoms. The van der Waals surface area contributed by atoms with Gasteiger partial charge in [0.05, 0.1) is 6.54 Å². The number of hydrogen-bond acceptors (Lipinski definition) is 3. The molecule has 1 aliphatic rings. The summed E-state index contributed by atoms with van der Waals surface area (Å²) in [7, 11) is 0. The van der Waals surface area contributed by atoms with Gasteiger partial charge in [-0.2, -0.15) is 0 Å². The van der Waals surface area contributed by atoms with E-state index < -0.39 is 0 Å². The van der Waals surface area contributed by atoms with E-state index in [9.17, 15) is 0 Å². The molecule has 1 fully saturated rings. The van der Waals surface area contributed by atoms with E-state index >= 15 is 0 Å². The van der Waals surface area contributed by atoms with E-state index in [-0.39, 0.29) is 0 Å². The zero-order valence-corrected chi connectivity index (χ0v) is 13.0. The van der Waals surface area contributed by atoms with E-state index in [1.807, 2.05) is 24.3 Å². The third kappa shape index (κ3) is 5.79. The molecule has 1 unspecified atom stereocenters. The number of nitrogens with zero attached hydrogens (tertiary/aromatic N) is 1. The third-order valence-electron chi connectivity index (χ3n) is 3.95. The van der Waals surface area contributed by atoms with E-state index in [0.29, 0.717) is 6.54 Å². The highest BCUT2D eigenvalue weighted by Crippen LogP contribution is 2.16. The van der Waals surface area contributed by atoms with Crippen LogP contribution in [0.25, 0.3) is 0 Å². The van der Waals surface area contributed by atoms with Crippen LogP contribution in [0.2, 0.25) is 0 Å². The Kier molecular flexibility index (Phi) is 6.59. The summed E-state index contributed by atoms with van der Waals surface area (Å²) in [5, 5.41) is 0. The van der Waals surface area contributed by atoms with Crippen molar-refractivity contribution in [2.75, 3.05) is 32.8 Å². The van der Waals surface area contributed by atoms with Crippen molar-refractivity contribution in [1.82, 2.24) is 4.90 Å². The summed E-state index contributed by atoms with van der Waals surface area (Å²) >= 11 is 0. The molecule has 3 heteroatoms. The third-order valence-corrected chi connectivity index (χ3v) is 3.95. The maximum absolute atomic E-state index is 5.86. The molecule has 1 saturated heterocycles. The summed E-state index contributed by atoms with van der Waals surface area (Å²) in [5.41, 5.74) is 6.35. The van der Waals surface area contributed by atoms with E-state index in [4.69, 9.17) is 10.5 Å². The van der Waals surface area contributed by atoms with Gasteiger partial charge in [0.2, 0.25) is 0 Å². The fourth-order valence-electron chi connectivity index (χ4n) is 2.66. The Labute approximate surface area is 128 Å². The van der Waals surface area contributed by atoms with Crippen LogP contribution in [0, 0.1) is 17.8 Å². The van der Waals surface area contributed by atoms with Crippen LogP contribution in [0.5, 0.6) is 5.75 Å². The summed E-state index contributed by atoms with van der Waals surface area (Å²) in [6, 6.07) is 7.92. The lowest BCUT2D eigenvalue weighted by molar-refractivity contribution is 0.212. The zero-order chi connectivity index (χ0) is 14.9. The minimum atomic E-state index is 0.387. The number of hydrogen-bond donors (Lipinski definition) is 1. The molecule has 0 amide bonds. The quantitative estimate of drug-likeness (QED) is 0.864. The van der Waals surface area contributed by atoms with E-state index in [1.54, 1.807) is 0 Å². The zero-order valence-electron chi connectivity index (χ0n) is 13.0. The molecule has 1 atom stereocenters. The Morgan fingerprint density at radius 2 is 2.24 bits per heavy atom. The van der Waals surface area contributed by atoms with Gasteiger partial charge in [-0.3, -0.25) is 4.90 Å². The average Bonchev–Trinajstić information content (AvgIpc) is 2.70. The lowest BCUT2D eigenvalue weighted by atomic mass is 10.0. The van der Waals surface area contributed by atoms with Crippen molar-refractivity contribution in [3.63, 3.8) is 0 Å². The number of benzene rings is 1. The highest BCUT2D eigenvalue weighted by Gasteiger charge is 2.13. The lowest BCUT2D eigenvalue weighted by Gasteiger charge is -2.20. The monoisotopic (exact) mass is 286 g/mol. The van der Waals surface area contributed by atoms with Gasteiger partial charge >= 0.3 is 0 Å². The molecule has 2 N–H and O–H groups in total. The van der Waals surface area contributed by atoms with Gasteiger partial charge in [0.25, 0.3) is 0 Å². The van der Waals surface area contributed by atoms with Gasteiger partial charge in [-0.1, -0.05) is 24.8 Å². The molecule has 0 aromatic heterocycles. The smallest absolute Gasteiger partial charge is 0.120 e. The fraction of sp³-hybridized carbons (Fsp3) is 0.556. The van der Waals surface area contributed by atoms with E-state index in [0.717, 1.165) is 30.4 Å². The van der Waals surface area contributed by atoms with Crippen molar-refractivity contribution in [3.05, 3.63) is 29.8 Å². The first-order valence-electron chi connectivity index (χ1n) is 7.92. The minimum absolute atomic E-state index is 0.387. The maximum atomic E-state index is 5.86. The first-order chi connectivity index (χ1) is 10.3. The number of likely N-dealkylation sites (tertiary alicyclic amines) is 1. The molecule has 0 radical (unpaired) electrons. The highest BCUT2D eigenvalue weighted by molar-refractivity contribution is 5.39. The van der Waals surface area contributed by atoms with Crippen LogP contribution in [0.4, 0.5) is 0 Å². The summed E-state index contributed by atoms with van der Waals surface area (Å²) in [4.78, 5) is 2.52. The minimum Gasteiger partial charge on any atom is -0.492 e. The molecule has 3 nitrogen and oxygen atoms in total. The van der Waals surface area contributed by atoms with Gasteiger partial charge < -0.3 is 10.5 Å². The number of ether oxygens (including phenoxy) is 1. The average molecular weight is 286 g/mol. The second-order valence-electron chi connectivity index (χ2n) is 5.76.